The smallest absolute Gasteiger partial charge is 0.206 e. The second-order valence-corrected chi connectivity index (χ2v) is 12.8. The molecule has 0 saturated heterocycles. The van der Waals surface area contributed by atoms with E-state index in [4.69, 9.17) is 0 Å². The van der Waals surface area contributed by atoms with Crippen LogP contribution in [-0.4, -0.2) is 27.9 Å². The van der Waals surface area contributed by atoms with Crippen LogP contribution in [0.4, 0.5) is 8.78 Å². The van der Waals surface area contributed by atoms with Crippen molar-refractivity contribution in [3.05, 3.63) is 139 Å². The maximum Gasteiger partial charge on any atom is 0.206 e. The first-order valence-corrected chi connectivity index (χ1v) is 15.6. The van der Waals surface area contributed by atoms with Crippen molar-refractivity contribution in [3.63, 3.8) is 0 Å². The van der Waals surface area contributed by atoms with Gasteiger partial charge in [0.1, 0.15) is 11.6 Å². The molecule has 10 heteroatoms. The molecular weight excluding hydrogens is 589 g/mol. The van der Waals surface area contributed by atoms with E-state index in [-0.39, 0.29) is 9.79 Å². The molecule has 1 heterocycles. The summed E-state index contributed by atoms with van der Waals surface area (Å²) in [5.41, 5.74) is 1.97. The Morgan fingerprint density at radius 3 is 1.30 bits per heavy atom. The van der Waals surface area contributed by atoms with Gasteiger partial charge in [-0.15, -0.1) is 0 Å². The molecule has 0 fully saturated rings. The van der Waals surface area contributed by atoms with Crippen molar-refractivity contribution in [2.45, 2.75) is 19.6 Å². The van der Waals surface area contributed by atoms with E-state index in [1.807, 2.05) is 30.3 Å². The van der Waals surface area contributed by atoms with E-state index in [2.05, 4.69) is 15.0 Å². The van der Waals surface area contributed by atoms with Gasteiger partial charge in [-0.1, -0.05) is 30.3 Å². The SMILES string of the molecule is O=S(=O)(c1ccc(F)cc1)c1ccc(-c2nc(-c3ccccc3)nc(-c3ccc([S+]([O-])c4ccc(F)cc4)cc3)n2)cc1. The first kappa shape index (κ1) is 28.4. The maximum atomic E-state index is 13.3. The lowest BCUT2D eigenvalue weighted by atomic mass is 10.1. The van der Waals surface area contributed by atoms with Gasteiger partial charge >= 0.3 is 0 Å². The third kappa shape index (κ3) is 6.07. The van der Waals surface area contributed by atoms with Crippen molar-refractivity contribution in [2.75, 3.05) is 0 Å². The molecule has 1 unspecified atom stereocenters. The van der Waals surface area contributed by atoms with Crippen LogP contribution in [0.15, 0.2) is 147 Å². The van der Waals surface area contributed by atoms with Gasteiger partial charge in [0.2, 0.25) is 9.84 Å². The molecule has 0 N–H and O–H groups in total. The Bertz CT molecular complexity index is 1990. The van der Waals surface area contributed by atoms with E-state index in [0.717, 1.165) is 17.7 Å². The minimum atomic E-state index is -3.85. The quantitative estimate of drug-likeness (QED) is 0.141. The summed E-state index contributed by atoms with van der Waals surface area (Å²) >= 11 is -1.50. The lowest BCUT2D eigenvalue weighted by Crippen LogP contribution is -2.04. The molecule has 1 aromatic heterocycles. The number of hydrogen-bond donors (Lipinski definition) is 0. The molecule has 43 heavy (non-hydrogen) atoms. The van der Waals surface area contributed by atoms with Crippen LogP contribution in [0.5, 0.6) is 0 Å². The van der Waals surface area contributed by atoms with E-state index < -0.39 is 32.6 Å². The second-order valence-electron chi connectivity index (χ2n) is 9.40. The van der Waals surface area contributed by atoms with Gasteiger partial charge in [0.25, 0.3) is 0 Å². The van der Waals surface area contributed by atoms with Crippen molar-refractivity contribution >= 4 is 21.0 Å². The van der Waals surface area contributed by atoms with Crippen LogP contribution in [0.25, 0.3) is 34.2 Å². The molecule has 0 radical (unpaired) electrons. The number of halogens is 2. The molecule has 0 amide bonds. The van der Waals surface area contributed by atoms with E-state index in [0.29, 0.717) is 38.4 Å². The first-order chi connectivity index (χ1) is 20.8. The van der Waals surface area contributed by atoms with Gasteiger partial charge in [-0.05, 0) is 97.1 Å². The fraction of sp³-hybridized carbons (Fsp3) is 0. The average molecular weight is 610 g/mol. The number of hydrogen-bond acceptors (Lipinski definition) is 6. The Morgan fingerprint density at radius 1 is 0.488 bits per heavy atom. The predicted molar refractivity (Wildman–Crippen MR) is 159 cm³/mol. The highest BCUT2D eigenvalue weighted by atomic mass is 32.2. The van der Waals surface area contributed by atoms with E-state index >= 15 is 0 Å². The minimum Gasteiger partial charge on any atom is -0.606 e. The van der Waals surface area contributed by atoms with Crippen LogP contribution in [0, 0.1) is 11.6 Å². The summed E-state index contributed by atoms with van der Waals surface area (Å²) in [6.07, 6.45) is 0. The highest BCUT2D eigenvalue weighted by molar-refractivity contribution is 7.91. The highest BCUT2D eigenvalue weighted by Gasteiger charge is 2.20. The molecule has 0 aliphatic carbocycles. The normalized spacial score (nSPS) is 12.2. The number of rotatable bonds is 7. The summed E-state index contributed by atoms with van der Waals surface area (Å²) < 4.78 is 65.7. The molecule has 0 saturated carbocycles. The molecule has 0 bridgehead atoms. The summed E-state index contributed by atoms with van der Waals surface area (Å²) in [5, 5.41) is 0. The number of nitrogens with zero attached hydrogens (tertiary/aromatic N) is 3. The summed E-state index contributed by atoms with van der Waals surface area (Å²) in [5.74, 6) is 0.187. The standard InChI is InChI=1S/C33H21F2N3O3S2/c34-25-10-16-28(17-11-25)42(39)27-14-6-23(7-15-27)32-36-31(22-4-2-1-3-5-22)37-33(38-32)24-8-18-29(19-9-24)43(40,41)30-20-12-26(35)13-21-30/h1-21H. The number of aromatic nitrogens is 3. The summed E-state index contributed by atoms with van der Waals surface area (Å²) in [6, 6.07) is 32.6. The Labute approximate surface area is 249 Å². The molecule has 6 nitrogen and oxygen atoms in total. The first-order valence-electron chi connectivity index (χ1n) is 13.0. The lowest BCUT2D eigenvalue weighted by Gasteiger charge is -2.11. The monoisotopic (exact) mass is 609 g/mol. The number of benzene rings is 5. The molecule has 212 valence electrons. The molecule has 0 aliphatic rings. The number of sulfone groups is 1. The molecule has 0 aliphatic heterocycles. The third-order valence-corrected chi connectivity index (χ3v) is 9.75. The van der Waals surface area contributed by atoms with Crippen molar-refractivity contribution < 1.29 is 21.8 Å². The van der Waals surface area contributed by atoms with Crippen LogP contribution >= 0.6 is 0 Å². The van der Waals surface area contributed by atoms with Gasteiger partial charge in [0, 0.05) is 27.9 Å². The zero-order chi connectivity index (χ0) is 30.0. The third-order valence-electron chi connectivity index (χ3n) is 6.57. The Hall–Kier alpha value is -4.77. The van der Waals surface area contributed by atoms with Crippen molar-refractivity contribution in [2.24, 2.45) is 0 Å². The van der Waals surface area contributed by atoms with Crippen LogP contribution in [0.2, 0.25) is 0 Å². The van der Waals surface area contributed by atoms with Gasteiger partial charge in [-0.3, -0.25) is 0 Å². The molecule has 5 aromatic carbocycles. The molecule has 1 atom stereocenters. The largest absolute Gasteiger partial charge is 0.606 e. The molecule has 6 aromatic rings. The van der Waals surface area contributed by atoms with Crippen molar-refractivity contribution in [1.82, 2.24) is 15.0 Å². The molecule has 0 spiro atoms. The fourth-order valence-corrected chi connectivity index (χ4v) is 6.60. The van der Waals surface area contributed by atoms with Crippen LogP contribution in [0.1, 0.15) is 0 Å². The fourth-order valence-electron chi connectivity index (χ4n) is 4.31. The van der Waals surface area contributed by atoms with Crippen LogP contribution < -0.4 is 0 Å². The summed E-state index contributed by atoms with van der Waals surface area (Å²) in [4.78, 5) is 15.1. The summed E-state index contributed by atoms with van der Waals surface area (Å²) in [6.45, 7) is 0. The maximum absolute atomic E-state index is 13.3. The van der Waals surface area contributed by atoms with E-state index in [1.165, 1.54) is 48.5 Å². The van der Waals surface area contributed by atoms with Crippen molar-refractivity contribution in [3.8, 4) is 34.2 Å². The average Bonchev–Trinajstić information content (AvgIpc) is 3.05. The van der Waals surface area contributed by atoms with Gasteiger partial charge in [-0.25, -0.2) is 32.2 Å². The summed E-state index contributed by atoms with van der Waals surface area (Å²) in [7, 11) is -3.85. The zero-order valence-corrected chi connectivity index (χ0v) is 23.9. The Kier molecular flexibility index (Phi) is 7.81. The topological polar surface area (TPSA) is 95.9 Å². The van der Waals surface area contributed by atoms with Crippen LogP contribution in [-0.2, 0) is 21.0 Å². The van der Waals surface area contributed by atoms with Gasteiger partial charge in [-0.2, -0.15) is 0 Å². The second kappa shape index (κ2) is 11.8. The molecule has 6 rings (SSSR count). The highest BCUT2D eigenvalue weighted by Crippen LogP contribution is 2.29. The Morgan fingerprint density at radius 2 is 0.837 bits per heavy atom. The van der Waals surface area contributed by atoms with Gasteiger partial charge in [0.05, 0.1) is 9.79 Å². The zero-order valence-electron chi connectivity index (χ0n) is 22.3. The van der Waals surface area contributed by atoms with Gasteiger partial charge in [0.15, 0.2) is 27.3 Å². The minimum absolute atomic E-state index is 0.0146. The van der Waals surface area contributed by atoms with Crippen molar-refractivity contribution in [1.29, 1.82) is 0 Å². The lowest BCUT2D eigenvalue weighted by molar-refractivity contribution is 0.592. The van der Waals surface area contributed by atoms with Gasteiger partial charge < -0.3 is 4.55 Å². The van der Waals surface area contributed by atoms with Crippen LogP contribution in [0.3, 0.4) is 0 Å². The molecular formula is C33H21F2N3O3S2. The van der Waals surface area contributed by atoms with E-state index in [9.17, 15) is 21.8 Å². The van der Waals surface area contributed by atoms with E-state index in [1.54, 1.807) is 36.4 Å². The Balaban J connectivity index is 1.36. The predicted octanol–water partition coefficient (Wildman–Crippen LogP) is 7.15.